The minimum absolute atomic E-state index is 0.0637. The monoisotopic (exact) mass is 339 g/mol. The third kappa shape index (κ3) is 2.96. The van der Waals surface area contributed by atoms with Crippen LogP contribution in [0.3, 0.4) is 0 Å². The summed E-state index contributed by atoms with van der Waals surface area (Å²) in [5.41, 5.74) is 2.20. The fourth-order valence-electron chi connectivity index (χ4n) is 3.41. The second kappa shape index (κ2) is 6.40. The highest BCUT2D eigenvalue weighted by atomic mass is 32.1. The number of aromatic nitrogens is 2. The number of thiophene rings is 1. The molecule has 1 aliphatic carbocycles. The van der Waals surface area contributed by atoms with Crippen LogP contribution in [0.1, 0.15) is 46.6 Å². The Morgan fingerprint density at radius 2 is 2.04 bits per heavy atom. The molecule has 1 aliphatic rings. The topological polar surface area (TPSA) is 46.9 Å². The van der Waals surface area contributed by atoms with Gasteiger partial charge in [0.2, 0.25) is 0 Å². The molecule has 24 heavy (non-hydrogen) atoms. The number of amides is 1. The van der Waals surface area contributed by atoms with Gasteiger partial charge < -0.3 is 5.32 Å². The highest BCUT2D eigenvalue weighted by molar-refractivity contribution is 7.20. The van der Waals surface area contributed by atoms with Crippen molar-refractivity contribution in [2.24, 2.45) is 0 Å². The summed E-state index contributed by atoms with van der Waals surface area (Å²) in [5, 5.41) is 8.91. The highest BCUT2D eigenvalue weighted by Gasteiger charge is 2.21. The van der Waals surface area contributed by atoms with Crippen LogP contribution in [0.5, 0.6) is 0 Å². The zero-order valence-electron chi connectivity index (χ0n) is 13.8. The summed E-state index contributed by atoms with van der Waals surface area (Å²) in [6.07, 6.45) is 4.67. The molecule has 0 saturated heterocycles. The van der Waals surface area contributed by atoms with Gasteiger partial charge in [0.25, 0.3) is 5.91 Å². The molecule has 1 N–H and O–H groups in total. The Morgan fingerprint density at radius 1 is 1.29 bits per heavy atom. The molecule has 0 atom stereocenters. The van der Waals surface area contributed by atoms with E-state index in [-0.39, 0.29) is 5.91 Å². The molecule has 5 heteroatoms. The molecule has 4 nitrogen and oxygen atoms in total. The van der Waals surface area contributed by atoms with Crippen molar-refractivity contribution in [3.05, 3.63) is 52.5 Å². The van der Waals surface area contributed by atoms with Crippen LogP contribution < -0.4 is 5.32 Å². The maximum Gasteiger partial charge on any atom is 0.261 e. The van der Waals surface area contributed by atoms with Crippen LogP contribution in [0.2, 0.25) is 0 Å². The van der Waals surface area contributed by atoms with Crippen LogP contribution in [0.15, 0.2) is 36.4 Å². The molecule has 0 unspecified atom stereocenters. The molecule has 1 aromatic carbocycles. The van der Waals surface area contributed by atoms with Gasteiger partial charge >= 0.3 is 0 Å². The first-order valence-electron chi connectivity index (χ1n) is 8.52. The number of nitrogens with zero attached hydrogens (tertiary/aromatic N) is 2. The number of carbonyl (C=O) groups excluding carboxylic acids is 1. The molecular formula is C19H21N3OS. The Bertz CT molecular complexity index is 860. The number of rotatable bonds is 4. The van der Waals surface area contributed by atoms with Crippen LogP contribution in [0, 0.1) is 6.92 Å². The lowest BCUT2D eigenvalue weighted by Gasteiger charge is -2.10. The van der Waals surface area contributed by atoms with Gasteiger partial charge in [0.15, 0.2) is 0 Å². The summed E-state index contributed by atoms with van der Waals surface area (Å²) in [5.74, 6) is 0.0637. The second-order valence-corrected chi connectivity index (χ2v) is 7.54. The van der Waals surface area contributed by atoms with Crippen molar-refractivity contribution in [2.45, 2.75) is 45.2 Å². The van der Waals surface area contributed by atoms with Crippen molar-refractivity contribution in [3.8, 4) is 0 Å². The van der Waals surface area contributed by atoms with E-state index < -0.39 is 0 Å². The molecule has 0 radical (unpaired) electrons. The summed E-state index contributed by atoms with van der Waals surface area (Å²) < 4.78 is 2.01. The first kappa shape index (κ1) is 15.4. The summed E-state index contributed by atoms with van der Waals surface area (Å²) in [7, 11) is 0. The zero-order valence-corrected chi connectivity index (χ0v) is 14.6. The van der Waals surface area contributed by atoms with Gasteiger partial charge in [-0.3, -0.25) is 9.48 Å². The van der Waals surface area contributed by atoms with E-state index in [1.165, 1.54) is 18.4 Å². The zero-order chi connectivity index (χ0) is 16.5. The molecular weight excluding hydrogens is 318 g/mol. The van der Waals surface area contributed by atoms with E-state index >= 15 is 0 Å². The minimum Gasteiger partial charge on any atom is -0.349 e. The fraction of sp³-hybridized carbons (Fsp3) is 0.368. The Hall–Kier alpha value is -2.14. The molecule has 0 spiro atoms. The number of carbonyl (C=O) groups is 1. The van der Waals surface area contributed by atoms with Crippen LogP contribution >= 0.6 is 11.3 Å². The quantitative estimate of drug-likeness (QED) is 0.777. The van der Waals surface area contributed by atoms with Crippen molar-refractivity contribution in [1.29, 1.82) is 0 Å². The second-order valence-electron chi connectivity index (χ2n) is 6.51. The van der Waals surface area contributed by atoms with Gasteiger partial charge in [0, 0.05) is 11.4 Å². The number of hydrogen-bond donors (Lipinski definition) is 1. The number of aryl methyl sites for hydroxylation is 1. The van der Waals surface area contributed by atoms with E-state index in [1.807, 2.05) is 35.9 Å². The maximum atomic E-state index is 12.5. The predicted molar refractivity (Wildman–Crippen MR) is 97.6 cm³/mol. The Morgan fingerprint density at radius 3 is 2.79 bits per heavy atom. The lowest BCUT2D eigenvalue weighted by Crippen LogP contribution is -2.31. The number of fused-ring (bicyclic) bond motifs is 1. The van der Waals surface area contributed by atoms with E-state index in [1.54, 1.807) is 11.3 Å². The van der Waals surface area contributed by atoms with Crippen molar-refractivity contribution in [3.63, 3.8) is 0 Å². The molecule has 124 valence electrons. The van der Waals surface area contributed by atoms with E-state index in [4.69, 9.17) is 0 Å². The summed E-state index contributed by atoms with van der Waals surface area (Å²) in [6.45, 7) is 2.74. The Balaban J connectivity index is 1.60. The molecule has 1 saturated carbocycles. The lowest BCUT2D eigenvalue weighted by molar-refractivity contribution is 0.0942. The normalized spacial score (nSPS) is 15.2. The van der Waals surface area contributed by atoms with E-state index in [0.29, 0.717) is 6.04 Å². The number of benzene rings is 1. The summed E-state index contributed by atoms with van der Waals surface area (Å²) in [4.78, 5) is 14.4. The van der Waals surface area contributed by atoms with Crippen LogP contribution in [-0.4, -0.2) is 21.7 Å². The molecule has 2 aromatic heterocycles. The minimum atomic E-state index is 0.0637. The first-order chi connectivity index (χ1) is 11.7. The molecule has 2 heterocycles. The Labute approximate surface area is 145 Å². The van der Waals surface area contributed by atoms with Gasteiger partial charge in [-0.1, -0.05) is 43.2 Å². The molecule has 3 aromatic rings. The smallest absolute Gasteiger partial charge is 0.261 e. The lowest BCUT2D eigenvalue weighted by atomic mass is 10.2. The summed E-state index contributed by atoms with van der Waals surface area (Å²) in [6, 6.07) is 12.6. The first-order valence-corrected chi connectivity index (χ1v) is 9.34. The van der Waals surface area contributed by atoms with Crippen LogP contribution in [-0.2, 0) is 6.54 Å². The van der Waals surface area contributed by atoms with Gasteiger partial charge in [-0.05, 0) is 31.4 Å². The number of nitrogens with one attached hydrogen (secondary N) is 1. The molecule has 1 amide bonds. The van der Waals surface area contributed by atoms with Crippen LogP contribution in [0.25, 0.3) is 10.2 Å². The fourth-order valence-corrected chi connectivity index (χ4v) is 4.48. The third-order valence-electron chi connectivity index (χ3n) is 4.70. The SMILES string of the molecule is Cc1nn(Cc2ccccc2)c2sc(C(=O)NC3CCCC3)cc12. The van der Waals surface area contributed by atoms with Gasteiger partial charge in [0.05, 0.1) is 17.1 Å². The van der Waals surface area contributed by atoms with Crippen molar-refractivity contribution in [2.75, 3.05) is 0 Å². The van der Waals surface area contributed by atoms with Crippen LogP contribution in [0.4, 0.5) is 0 Å². The highest BCUT2D eigenvalue weighted by Crippen LogP contribution is 2.29. The third-order valence-corrected chi connectivity index (χ3v) is 5.84. The van der Waals surface area contributed by atoms with Gasteiger partial charge in [0.1, 0.15) is 4.83 Å². The van der Waals surface area contributed by atoms with Gasteiger partial charge in [-0.25, -0.2) is 0 Å². The molecule has 0 bridgehead atoms. The molecule has 1 fully saturated rings. The van der Waals surface area contributed by atoms with Crippen molar-refractivity contribution < 1.29 is 4.79 Å². The standard InChI is InChI=1S/C19H21N3OS/c1-13-16-11-17(18(23)20-15-9-5-6-10-15)24-19(16)22(21-13)12-14-7-3-2-4-8-14/h2-4,7-8,11,15H,5-6,9-10,12H2,1H3,(H,20,23). The van der Waals surface area contributed by atoms with E-state index in [2.05, 4.69) is 22.5 Å². The average Bonchev–Trinajstić information content (AvgIpc) is 3.29. The van der Waals surface area contributed by atoms with Crippen molar-refractivity contribution >= 4 is 27.5 Å². The van der Waals surface area contributed by atoms with Crippen molar-refractivity contribution in [1.82, 2.24) is 15.1 Å². The average molecular weight is 339 g/mol. The number of hydrogen-bond acceptors (Lipinski definition) is 3. The largest absolute Gasteiger partial charge is 0.349 e. The van der Waals surface area contributed by atoms with E-state index in [0.717, 1.165) is 40.2 Å². The molecule has 0 aliphatic heterocycles. The predicted octanol–water partition coefficient (Wildman–Crippen LogP) is 4.13. The summed E-state index contributed by atoms with van der Waals surface area (Å²) >= 11 is 1.54. The molecule has 4 rings (SSSR count). The van der Waals surface area contributed by atoms with E-state index in [9.17, 15) is 4.79 Å². The Kier molecular flexibility index (Phi) is 4.10. The van der Waals surface area contributed by atoms with Gasteiger partial charge in [-0.15, -0.1) is 11.3 Å². The maximum absolute atomic E-state index is 12.5. The van der Waals surface area contributed by atoms with Gasteiger partial charge in [-0.2, -0.15) is 5.10 Å².